The largest absolute Gasteiger partial charge is 0.379 e. The van der Waals surface area contributed by atoms with Crippen molar-refractivity contribution in [1.82, 2.24) is 30.1 Å². The maximum atomic E-state index is 14.0. The Morgan fingerprint density at radius 3 is 2.57 bits per heavy atom. The summed E-state index contributed by atoms with van der Waals surface area (Å²) in [6.07, 6.45) is 0.874. The fourth-order valence-corrected chi connectivity index (χ4v) is 4.65. The number of carbonyl (C=O) groups is 2. The number of fused-ring (bicyclic) bond motifs is 1. The molecule has 1 saturated heterocycles. The molecule has 0 radical (unpaired) electrons. The van der Waals surface area contributed by atoms with E-state index in [-0.39, 0.29) is 18.4 Å². The van der Waals surface area contributed by atoms with E-state index in [0.717, 1.165) is 41.7 Å². The van der Waals surface area contributed by atoms with Gasteiger partial charge in [0.1, 0.15) is 18.1 Å². The first-order chi connectivity index (χ1) is 17.9. The maximum absolute atomic E-state index is 14.0. The van der Waals surface area contributed by atoms with Crippen LogP contribution in [0.4, 0.5) is 0 Å². The normalized spacial score (nSPS) is 15.1. The van der Waals surface area contributed by atoms with Crippen LogP contribution in [0.1, 0.15) is 37.4 Å². The molecule has 1 atom stereocenters. The number of aryl methyl sites for hydroxylation is 1. The summed E-state index contributed by atoms with van der Waals surface area (Å²) in [4.78, 5) is 31.7. The van der Waals surface area contributed by atoms with Gasteiger partial charge >= 0.3 is 0 Å². The third-order valence-corrected chi connectivity index (χ3v) is 6.85. The van der Waals surface area contributed by atoms with Gasteiger partial charge in [-0.3, -0.25) is 14.5 Å². The molecule has 0 unspecified atom stereocenters. The van der Waals surface area contributed by atoms with E-state index < -0.39 is 6.04 Å². The van der Waals surface area contributed by atoms with Crippen LogP contribution in [0.15, 0.2) is 48.5 Å². The highest BCUT2D eigenvalue weighted by molar-refractivity contribution is 5.89. The standard InChI is InChI=1S/C28H38N6O3/c1-21(2)12-13-29-28(36)27(23-9-5-4-8-22(23)3)33(15-14-32-16-18-37-19-17-32)26(35)20-34-25-11-7-6-10-24(25)30-31-34/h4-11,21,27H,12-20H2,1-3H3,(H,29,36)/t27-/m1/s1. The minimum atomic E-state index is -0.739. The molecule has 0 saturated carbocycles. The Bertz CT molecular complexity index is 1190. The van der Waals surface area contributed by atoms with E-state index in [4.69, 9.17) is 4.74 Å². The molecule has 1 aromatic heterocycles. The highest BCUT2D eigenvalue weighted by atomic mass is 16.5. The van der Waals surface area contributed by atoms with Crippen molar-refractivity contribution in [1.29, 1.82) is 0 Å². The summed E-state index contributed by atoms with van der Waals surface area (Å²) in [6, 6.07) is 14.6. The number of benzene rings is 2. The second-order valence-electron chi connectivity index (χ2n) is 10.0. The summed E-state index contributed by atoms with van der Waals surface area (Å²) in [5.41, 5.74) is 3.33. The number of para-hydroxylation sites is 1. The van der Waals surface area contributed by atoms with E-state index in [1.807, 2.05) is 55.5 Å². The topological polar surface area (TPSA) is 92.6 Å². The zero-order chi connectivity index (χ0) is 26.2. The summed E-state index contributed by atoms with van der Waals surface area (Å²) >= 11 is 0. The number of aromatic nitrogens is 3. The lowest BCUT2D eigenvalue weighted by Gasteiger charge is -2.35. The molecule has 1 aliphatic heterocycles. The molecule has 3 aromatic rings. The van der Waals surface area contributed by atoms with Crippen molar-refractivity contribution in [2.45, 2.75) is 39.8 Å². The van der Waals surface area contributed by atoms with E-state index in [1.54, 1.807) is 9.58 Å². The lowest BCUT2D eigenvalue weighted by Crippen LogP contribution is -2.49. The Kier molecular flexibility index (Phi) is 9.24. The molecule has 2 aromatic carbocycles. The van der Waals surface area contributed by atoms with Crippen LogP contribution in [0, 0.1) is 12.8 Å². The van der Waals surface area contributed by atoms with Crippen molar-refractivity contribution in [3.05, 3.63) is 59.7 Å². The Balaban J connectivity index is 1.64. The number of rotatable bonds is 11. The highest BCUT2D eigenvalue weighted by Gasteiger charge is 2.33. The van der Waals surface area contributed by atoms with Gasteiger partial charge < -0.3 is 15.0 Å². The van der Waals surface area contributed by atoms with Crippen LogP contribution in [0.3, 0.4) is 0 Å². The number of amides is 2. The van der Waals surface area contributed by atoms with Crippen molar-refractivity contribution in [3.63, 3.8) is 0 Å². The fourth-order valence-electron chi connectivity index (χ4n) is 4.65. The molecule has 0 spiro atoms. The van der Waals surface area contributed by atoms with Gasteiger partial charge in [0.2, 0.25) is 11.8 Å². The molecule has 0 bridgehead atoms. The minimum absolute atomic E-state index is 0.00524. The molecular weight excluding hydrogens is 468 g/mol. The van der Waals surface area contributed by atoms with Crippen LogP contribution >= 0.6 is 0 Å². The van der Waals surface area contributed by atoms with Gasteiger partial charge in [-0.2, -0.15) is 0 Å². The molecule has 1 N–H and O–H groups in total. The summed E-state index contributed by atoms with van der Waals surface area (Å²) in [5, 5.41) is 11.5. The predicted octanol–water partition coefficient (Wildman–Crippen LogP) is 2.80. The van der Waals surface area contributed by atoms with Gasteiger partial charge in [-0.25, -0.2) is 4.68 Å². The molecule has 198 valence electrons. The van der Waals surface area contributed by atoms with E-state index in [1.165, 1.54) is 0 Å². The first kappa shape index (κ1) is 26.8. The predicted molar refractivity (Wildman–Crippen MR) is 143 cm³/mol. The summed E-state index contributed by atoms with van der Waals surface area (Å²) in [5.74, 6) is 0.141. The Morgan fingerprint density at radius 2 is 1.81 bits per heavy atom. The minimum Gasteiger partial charge on any atom is -0.379 e. The van der Waals surface area contributed by atoms with Gasteiger partial charge in [0.25, 0.3) is 0 Å². The molecule has 4 rings (SSSR count). The molecular formula is C28H38N6O3. The third kappa shape index (κ3) is 6.93. The number of hydrogen-bond donors (Lipinski definition) is 1. The summed E-state index contributed by atoms with van der Waals surface area (Å²) < 4.78 is 7.11. The molecule has 0 aliphatic carbocycles. The first-order valence-corrected chi connectivity index (χ1v) is 13.1. The highest BCUT2D eigenvalue weighted by Crippen LogP contribution is 2.25. The van der Waals surface area contributed by atoms with Crippen LogP contribution in [-0.2, 0) is 20.9 Å². The molecule has 1 aliphatic rings. The number of morpholine rings is 1. The molecule has 9 heteroatoms. The number of carbonyl (C=O) groups excluding carboxylic acids is 2. The SMILES string of the molecule is Cc1ccccc1[C@H](C(=O)NCCC(C)C)N(CCN1CCOCC1)C(=O)Cn1nnc2ccccc21. The summed E-state index contributed by atoms with van der Waals surface area (Å²) in [6.45, 7) is 10.9. The average molecular weight is 507 g/mol. The second-order valence-corrected chi connectivity index (χ2v) is 10.0. The van der Waals surface area contributed by atoms with E-state index in [9.17, 15) is 9.59 Å². The van der Waals surface area contributed by atoms with E-state index in [2.05, 4.69) is 34.4 Å². The van der Waals surface area contributed by atoms with Crippen molar-refractivity contribution < 1.29 is 14.3 Å². The van der Waals surface area contributed by atoms with Crippen LogP contribution in [0.2, 0.25) is 0 Å². The van der Waals surface area contributed by atoms with E-state index >= 15 is 0 Å². The molecule has 37 heavy (non-hydrogen) atoms. The van der Waals surface area contributed by atoms with Gasteiger partial charge in [0.15, 0.2) is 0 Å². The fraction of sp³-hybridized carbons (Fsp3) is 0.500. The first-order valence-electron chi connectivity index (χ1n) is 13.1. The second kappa shape index (κ2) is 12.8. The monoisotopic (exact) mass is 506 g/mol. The Labute approximate surface area is 218 Å². The zero-order valence-electron chi connectivity index (χ0n) is 22.1. The lowest BCUT2D eigenvalue weighted by atomic mass is 9.98. The quantitative estimate of drug-likeness (QED) is 0.430. The molecule has 9 nitrogen and oxygen atoms in total. The maximum Gasteiger partial charge on any atom is 0.247 e. The Hall–Kier alpha value is -3.30. The van der Waals surface area contributed by atoms with Crippen LogP contribution in [0.5, 0.6) is 0 Å². The lowest BCUT2D eigenvalue weighted by molar-refractivity contribution is -0.142. The van der Waals surface area contributed by atoms with Crippen LogP contribution in [-0.4, -0.2) is 82.5 Å². The Morgan fingerprint density at radius 1 is 1.08 bits per heavy atom. The smallest absolute Gasteiger partial charge is 0.247 e. The van der Waals surface area contributed by atoms with Gasteiger partial charge in [0, 0.05) is 32.7 Å². The zero-order valence-corrected chi connectivity index (χ0v) is 22.1. The molecule has 2 heterocycles. The number of hydrogen-bond acceptors (Lipinski definition) is 6. The molecule has 2 amide bonds. The molecule has 1 fully saturated rings. The van der Waals surface area contributed by atoms with E-state index in [0.29, 0.717) is 38.8 Å². The van der Waals surface area contributed by atoms with Crippen LogP contribution in [0.25, 0.3) is 11.0 Å². The van der Waals surface area contributed by atoms with Crippen molar-refractivity contribution >= 4 is 22.8 Å². The van der Waals surface area contributed by atoms with Gasteiger partial charge in [-0.15, -0.1) is 5.10 Å². The number of ether oxygens (including phenoxy) is 1. The number of nitrogens with zero attached hydrogens (tertiary/aromatic N) is 5. The van der Waals surface area contributed by atoms with Crippen molar-refractivity contribution in [2.75, 3.05) is 45.9 Å². The van der Waals surface area contributed by atoms with Crippen LogP contribution < -0.4 is 5.32 Å². The van der Waals surface area contributed by atoms with Gasteiger partial charge in [-0.1, -0.05) is 55.5 Å². The average Bonchev–Trinajstić information content (AvgIpc) is 3.30. The van der Waals surface area contributed by atoms with Crippen molar-refractivity contribution in [3.8, 4) is 0 Å². The van der Waals surface area contributed by atoms with Gasteiger partial charge in [-0.05, 0) is 42.5 Å². The summed E-state index contributed by atoms with van der Waals surface area (Å²) in [7, 11) is 0. The van der Waals surface area contributed by atoms with Crippen molar-refractivity contribution in [2.24, 2.45) is 5.92 Å². The van der Waals surface area contributed by atoms with Gasteiger partial charge in [0.05, 0.1) is 18.7 Å². The number of nitrogens with one attached hydrogen (secondary N) is 1. The third-order valence-electron chi connectivity index (χ3n) is 6.85.